The lowest BCUT2D eigenvalue weighted by atomic mass is 9.78. The Hall–Kier alpha value is -2.59. The molecule has 0 aliphatic heterocycles. The molecule has 0 aromatic heterocycles. The van der Waals surface area contributed by atoms with Gasteiger partial charge in [0.25, 0.3) is 0 Å². The lowest BCUT2D eigenvalue weighted by molar-refractivity contribution is -0.0543. The van der Waals surface area contributed by atoms with E-state index in [0.29, 0.717) is 64.2 Å². The van der Waals surface area contributed by atoms with Gasteiger partial charge in [0.15, 0.2) is 0 Å². The van der Waals surface area contributed by atoms with Crippen molar-refractivity contribution in [3.8, 4) is 30.3 Å². The van der Waals surface area contributed by atoms with E-state index in [1.807, 2.05) is 0 Å². The van der Waals surface area contributed by atoms with Crippen LogP contribution in [0.15, 0.2) is 0 Å². The fraction of sp³-hybridized carbons (Fsp3) is 0.762. The monoisotopic (exact) mass is 366 g/mol. The maximum atomic E-state index is 9.14. The Morgan fingerprint density at radius 3 is 1.19 bits per heavy atom. The van der Waals surface area contributed by atoms with E-state index in [4.69, 9.17) is 26.3 Å². The van der Waals surface area contributed by atoms with Gasteiger partial charge in [0, 0.05) is 49.2 Å². The molecular weight excluding hydrogens is 336 g/mol. The third kappa shape index (κ3) is 7.67. The van der Waals surface area contributed by atoms with Gasteiger partial charge in [-0.2, -0.15) is 26.3 Å². The first-order chi connectivity index (χ1) is 12.8. The summed E-state index contributed by atoms with van der Waals surface area (Å²) in [4.78, 5) is 2.32. The van der Waals surface area contributed by atoms with Crippen molar-refractivity contribution in [1.82, 2.24) is 4.90 Å². The second kappa shape index (κ2) is 12.7. The van der Waals surface area contributed by atoms with Crippen LogP contribution in [0.1, 0.15) is 85.0 Å². The number of nitriles is 5. The molecule has 0 saturated carbocycles. The van der Waals surface area contributed by atoms with Crippen LogP contribution in [0, 0.1) is 56.7 Å². The Labute approximate surface area is 164 Å². The zero-order valence-corrected chi connectivity index (χ0v) is 16.8. The van der Waals surface area contributed by atoms with E-state index in [9.17, 15) is 0 Å². The van der Waals surface area contributed by atoms with E-state index in [2.05, 4.69) is 56.0 Å². The van der Waals surface area contributed by atoms with E-state index < -0.39 is 11.1 Å². The molecule has 0 saturated heterocycles. The molecule has 0 heterocycles. The first-order valence-electron chi connectivity index (χ1n) is 9.49. The van der Waals surface area contributed by atoms with E-state index in [1.54, 1.807) is 0 Å². The number of hydrogen-bond acceptors (Lipinski definition) is 6. The van der Waals surface area contributed by atoms with E-state index >= 15 is 0 Å². The van der Waals surface area contributed by atoms with Crippen molar-refractivity contribution >= 4 is 0 Å². The molecule has 0 spiro atoms. The van der Waals surface area contributed by atoms with Gasteiger partial charge in [-0.25, -0.2) is 0 Å². The summed E-state index contributed by atoms with van der Waals surface area (Å²) in [5.41, 5.74) is -0.833. The highest BCUT2D eigenvalue weighted by Crippen LogP contribution is 2.40. The molecule has 27 heavy (non-hydrogen) atoms. The summed E-state index contributed by atoms with van der Waals surface area (Å²) in [5, 5.41) is 45.6. The molecule has 0 bridgehead atoms. The molecule has 1 atom stereocenters. The first-order valence-corrected chi connectivity index (χ1v) is 9.49. The molecule has 0 aromatic rings. The minimum absolute atomic E-state index is 0.0365. The van der Waals surface area contributed by atoms with Gasteiger partial charge < -0.3 is 0 Å². The van der Waals surface area contributed by atoms with Crippen molar-refractivity contribution < 1.29 is 0 Å². The van der Waals surface area contributed by atoms with Crippen molar-refractivity contribution in [3.63, 3.8) is 0 Å². The average Bonchev–Trinajstić information content (AvgIpc) is 2.66. The highest BCUT2D eigenvalue weighted by atomic mass is 15.3. The van der Waals surface area contributed by atoms with Gasteiger partial charge in [-0.05, 0) is 52.9 Å². The van der Waals surface area contributed by atoms with Crippen LogP contribution >= 0.6 is 0 Å². The van der Waals surface area contributed by atoms with Crippen LogP contribution in [-0.2, 0) is 0 Å². The summed E-state index contributed by atoms with van der Waals surface area (Å²) in [6, 6.07) is 11.1. The smallest absolute Gasteiger partial charge is 0.0622 e. The molecular formula is C21H30N6. The standard InChI is InChI=1S/C21H30N6/c1-19(9-4-14-22)27(20(2,10-5-15-23)11-6-16-24)21(3,12-7-17-25)13-8-18-26/h19H,4-13H2,1-3H3. The topological polar surface area (TPSA) is 122 Å². The predicted octanol–water partition coefficient (Wildman–Crippen LogP) is 4.71. The van der Waals surface area contributed by atoms with E-state index in [1.165, 1.54) is 0 Å². The van der Waals surface area contributed by atoms with Crippen LogP contribution in [0.2, 0.25) is 0 Å². The Bertz CT molecular complexity index is 567. The molecule has 0 aromatic carbocycles. The summed E-state index contributed by atoms with van der Waals surface area (Å²) in [7, 11) is 0. The maximum Gasteiger partial charge on any atom is 0.0622 e. The molecule has 0 aliphatic carbocycles. The van der Waals surface area contributed by atoms with Gasteiger partial charge in [-0.3, -0.25) is 4.90 Å². The summed E-state index contributed by atoms with van der Waals surface area (Å²) < 4.78 is 0. The zero-order valence-electron chi connectivity index (χ0n) is 16.8. The minimum Gasteiger partial charge on any atom is -0.290 e. The van der Waals surface area contributed by atoms with Crippen LogP contribution in [0.5, 0.6) is 0 Å². The summed E-state index contributed by atoms with van der Waals surface area (Å²) in [6.45, 7) is 6.20. The number of nitrogens with zero attached hydrogens (tertiary/aromatic N) is 6. The zero-order chi connectivity index (χ0) is 20.8. The van der Waals surface area contributed by atoms with Gasteiger partial charge in [0.05, 0.1) is 30.3 Å². The number of hydrogen-bond donors (Lipinski definition) is 0. The summed E-state index contributed by atoms with van der Waals surface area (Å²) in [6.07, 6.45) is 5.00. The summed E-state index contributed by atoms with van der Waals surface area (Å²) >= 11 is 0. The highest BCUT2D eigenvalue weighted by molar-refractivity contribution is 5.03. The van der Waals surface area contributed by atoms with Crippen molar-refractivity contribution in [3.05, 3.63) is 0 Å². The molecule has 6 heteroatoms. The maximum absolute atomic E-state index is 9.14. The first kappa shape index (κ1) is 24.4. The lowest BCUT2D eigenvalue weighted by Crippen LogP contribution is -2.61. The largest absolute Gasteiger partial charge is 0.290 e. The van der Waals surface area contributed by atoms with Crippen LogP contribution in [0.4, 0.5) is 0 Å². The Morgan fingerprint density at radius 2 is 0.926 bits per heavy atom. The molecule has 0 N–H and O–H groups in total. The predicted molar refractivity (Wildman–Crippen MR) is 102 cm³/mol. The van der Waals surface area contributed by atoms with Gasteiger partial charge in [0.1, 0.15) is 0 Å². The molecule has 0 amide bonds. The average molecular weight is 367 g/mol. The second-order valence-corrected chi connectivity index (χ2v) is 7.54. The van der Waals surface area contributed by atoms with Crippen molar-refractivity contribution in [1.29, 1.82) is 26.3 Å². The van der Waals surface area contributed by atoms with Crippen LogP contribution in [-0.4, -0.2) is 22.0 Å². The Balaban J connectivity index is 6.14. The van der Waals surface area contributed by atoms with Crippen LogP contribution in [0.25, 0.3) is 0 Å². The number of rotatable bonds is 13. The highest BCUT2D eigenvalue weighted by Gasteiger charge is 2.44. The van der Waals surface area contributed by atoms with Crippen molar-refractivity contribution in [2.75, 3.05) is 0 Å². The minimum atomic E-state index is -0.417. The quantitative estimate of drug-likeness (QED) is 0.465. The summed E-state index contributed by atoms with van der Waals surface area (Å²) in [5.74, 6) is 0. The van der Waals surface area contributed by atoms with Gasteiger partial charge >= 0.3 is 0 Å². The second-order valence-electron chi connectivity index (χ2n) is 7.54. The molecule has 1 unspecified atom stereocenters. The van der Waals surface area contributed by atoms with Crippen LogP contribution in [0.3, 0.4) is 0 Å². The molecule has 0 aliphatic rings. The van der Waals surface area contributed by atoms with Gasteiger partial charge in [-0.15, -0.1) is 0 Å². The van der Waals surface area contributed by atoms with E-state index in [-0.39, 0.29) is 6.04 Å². The third-order valence-electron chi connectivity index (χ3n) is 5.38. The fourth-order valence-corrected chi connectivity index (χ4v) is 4.15. The molecule has 144 valence electrons. The Morgan fingerprint density at radius 1 is 0.630 bits per heavy atom. The normalized spacial score (nSPS) is 12.3. The lowest BCUT2D eigenvalue weighted by Gasteiger charge is -2.55. The van der Waals surface area contributed by atoms with Crippen molar-refractivity contribution in [2.24, 2.45) is 0 Å². The van der Waals surface area contributed by atoms with Gasteiger partial charge in [0.2, 0.25) is 0 Å². The van der Waals surface area contributed by atoms with E-state index in [0.717, 1.165) is 0 Å². The SMILES string of the molecule is CC(CCC#N)N(C(C)(CCC#N)CCC#N)C(C)(CCC#N)CCC#N. The molecule has 0 fully saturated rings. The van der Waals surface area contributed by atoms with Crippen molar-refractivity contribution in [2.45, 2.75) is 102 Å². The van der Waals surface area contributed by atoms with Gasteiger partial charge in [-0.1, -0.05) is 0 Å². The molecule has 0 rings (SSSR count). The Kier molecular flexibility index (Phi) is 11.5. The molecule has 0 radical (unpaired) electrons. The fourth-order valence-electron chi connectivity index (χ4n) is 4.15. The van der Waals surface area contributed by atoms with Crippen LogP contribution < -0.4 is 0 Å². The third-order valence-corrected chi connectivity index (χ3v) is 5.38. The molecule has 6 nitrogen and oxygen atoms in total.